The van der Waals surface area contributed by atoms with Crippen LogP contribution in [0, 0.1) is 0 Å². The normalized spacial score (nSPS) is 10.8. The lowest BCUT2D eigenvalue weighted by molar-refractivity contribution is 0.0757. The molecule has 1 rings (SSSR count). The first-order valence-corrected chi connectivity index (χ1v) is 6.81. The second kappa shape index (κ2) is 7.58. The molecule has 106 valence electrons. The molecule has 0 saturated heterocycles. The molecule has 0 saturated carbocycles. The summed E-state index contributed by atoms with van der Waals surface area (Å²) >= 11 is 11.7. The monoisotopic (exact) mass is 304 g/mol. The van der Waals surface area contributed by atoms with Crippen LogP contribution in [0.2, 0.25) is 10.0 Å². The second-order valence-corrected chi connectivity index (χ2v) is 5.20. The summed E-state index contributed by atoms with van der Waals surface area (Å²) < 4.78 is 5.37. The first-order valence-electron chi connectivity index (χ1n) is 6.06. The fourth-order valence-corrected chi connectivity index (χ4v) is 1.90. The highest BCUT2D eigenvalue weighted by Gasteiger charge is 2.10. The minimum Gasteiger partial charge on any atom is -0.396 e. The highest BCUT2D eigenvalue weighted by molar-refractivity contribution is 6.39. The number of halogens is 2. The molecule has 0 spiro atoms. The lowest BCUT2D eigenvalue weighted by Crippen LogP contribution is -2.25. The number of rotatable bonds is 6. The molecule has 19 heavy (non-hydrogen) atoms. The molecule has 1 aromatic carbocycles. The Morgan fingerprint density at radius 1 is 1.37 bits per heavy atom. The highest BCUT2D eigenvalue weighted by atomic mass is 35.5. The maximum atomic E-state index is 11.8. The van der Waals surface area contributed by atoms with E-state index in [1.165, 1.54) is 12.1 Å². The van der Waals surface area contributed by atoms with Crippen molar-refractivity contribution in [3.63, 3.8) is 0 Å². The Morgan fingerprint density at radius 2 is 1.95 bits per heavy atom. The van der Waals surface area contributed by atoms with Crippen LogP contribution >= 0.6 is 23.2 Å². The number of anilines is 1. The van der Waals surface area contributed by atoms with Gasteiger partial charge in [0.05, 0.1) is 21.8 Å². The molecule has 0 atom stereocenters. The van der Waals surface area contributed by atoms with Gasteiger partial charge in [-0.15, -0.1) is 0 Å². The first-order chi connectivity index (χ1) is 8.91. The number of nitrogens with one attached hydrogen (secondary N) is 1. The number of hydrogen-bond acceptors (Lipinski definition) is 3. The van der Waals surface area contributed by atoms with E-state index in [0.717, 1.165) is 6.42 Å². The van der Waals surface area contributed by atoms with E-state index in [0.29, 0.717) is 18.7 Å². The third kappa shape index (κ3) is 5.27. The zero-order chi connectivity index (χ0) is 14.4. The van der Waals surface area contributed by atoms with E-state index in [-0.39, 0.29) is 27.7 Å². The van der Waals surface area contributed by atoms with Crippen LogP contribution in [0.5, 0.6) is 0 Å². The molecule has 0 aliphatic heterocycles. The van der Waals surface area contributed by atoms with Crippen LogP contribution in [-0.2, 0) is 4.74 Å². The molecule has 4 nitrogen and oxygen atoms in total. The van der Waals surface area contributed by atoms with Crippen LogP contribution in [0.4, 0.5) is 5.69 Å². The Bertz CT molecular complexity index is 427. The molecule has 6 heteroatoms. The van der Waals surface area contributed by atoms with Gasteiger partial charge >= 0.3 is 0 Å². The summed E-state index contributed by atoms with van der Waals surface area (Å²) in [5.74, 6) is -0.228. The van der Waals surface area contributed by atoms with Crippen LogP contribution in [0.1, 0.15) is 30.6 Å². The Morgan fingerprint density at radius 3 is 2.47 bits per heavy atom. The summed E-state index contributed by atoms with van der Waals surface area (Å²) in [6.07, 6.45) is 0.950. The van der Waals surface area contributed by atoms with E-state index in [2.05, 4.69) is 5.32 Å². The minimum absolute atomic E-state index is 0.199. The molecule has 3 N–H and O–H groups in total. The maximum Gasteiger partial charge on any atom is 0.251 e. The van der Waals surface area contributed by atoms with Crippen molar-refractivity contribution in [2.75, 3.05) is 18.9 Å². The van der Waals surface area contributed by atoms with Crippen molar-refractivity contribution in [3.05, 3.63) is 27.7 Å². The van der Waals surface area contributed by atoms with Gasteiger partial charge < -0.3 is 15.8 Å². The fourth-order valence-electron chi connectivity index (χ4n) is 1.41. The third-order valence-electron chi connectivity index (χ3n) is 2.40. The zero-order valence-corrected chi connectivity index (χ0v) is 12.5. The van der Waals surface area contributed by atoms with Gasteiger partial charge in [-0.2, -0.15) is 0 Å². The van der Waals surface area contributed by atoms with Gasteiger partial charge in [0.15, 0.2) is 0 Å². The topological polar surface area (TPSA) is 64.3 Å². The summed E-state index contributed by atoms with van der Waals surface area (Å²) in [5, 5.41) is 3.33. The van der Waals surface area contributed by atoms with Gasteiger partial charge in [-0.05, 0) is 32.4 Å². The number of amides is 1. The van der Waals surface area contributed by atoms with Crippen molar-refractivity contribution in [2.45, 2.75) is 26.4 Å². The average molecular weight is 305 g/mol. The molecule has 0 aliphatic carbocycles. The largest absolute Gasteiger partial charge is 0.396 e. The van der Waals surface area contributed by atoms with Gasteiger partial charge in [-0.25, -0.2) is 0 Å². The summed E-state index contributed by atoms with van der Waals surface area (Å²) in [4.78, 5) is 11.8. The number of hydrogen-bond donors (Lipinski definition) is 2. The Kier molecular flexibility index (Phi) is 6.42. The SMILES string of the molecule is CC(C)OCCCNC(=O)c1cc(Cl)c(N)c(Cl)c1. The van der Waals surface area contributed by atoms with Crippen molar-refractivity contribution in [2.24, 2.45) is 0 Å². The number of nitrogen functional groups attached to an aromatic ring is 1. The van der Waals surface area contributed by atoms with Crippen LogP contribution in [0.25, 0.3) is 0 Å². The van der Waals surface area contributed by atoms with Gasteiger partial charge in [0, 0.05) is 18.7 Å². The average Bonchev–Trinajstić information content (AvgIpc) is 2.34. The van der Waals surface area contributed by atoms with E-state index < -0.39 is 0 Å². The van der Waals surface area contributed by atoms with Gasteiger partial charge in [0.25, 0.3) is 5.91 Å². The van der Waals surface area contributed by atoms with E-state index >= 15 is 0 Å². The van der Waals surface area contributed by atoms with Crippen LogP contribution in [-0.4, -0.2) is 25.2 Å². The van der Waals surface area contributed by atoms with Crippen LogP contribution < -0.4 is 11.1 Å². The van der Waals surface area contributed by atoms with Crippen molar-refractivity contribution in [3.8, 4) is 0 Å². The molecule has 0 heterocycles. The first kappa shape index (κ1) is 16.1. The zero-order valence-electron chi connectivity index (χ0n) is 11.0. The standard InChI is InChI=1S/C13H18Cl2N2O2/c1-8(2)19-5-3-4-17-13(18)9-6-10(14)12(16)11(15)7-9/h6-8H,3-5,16H2,1-2H3,(H,17,18). The molecule has 1 amide bonds. The molecule has 0 aromatic heterocycles. The van der Waals surface area contributed by atoms with E-state index in [4.69, 9.17) is 33.7 Å². The molecular formula is C13H18Cl2N2O2. The van der Waals surface area contributed by atoms with Gasteiger partial charge in [-0.3, -0.25) is 4.79 Å². The van der Waals surface area contributed by atoms with Crippen molar-refractivity contribution < 1.29 is 9.53 Å². The highest BCUT2D eigenvalue weighted by Crippen LogP contribution is 2.28. The molecule has 0 bridgehead atoms. The Hall–Kier alpha value is -0.970. The molecular weight excluding hydrogens is 287 g/mol. The molecule has 0 unspecified atom stereocenters. The van der Waals surface area contributed by atoms with Gasteiger partial charge in [0.1, 0.15) is 0 Å². The molecule has 0 radical (unpaired) electrons. The molecule has 1 aromatic rings. The quantitative estimate of drug-likeness (QED) is 0.627. The molecule has 0 fully saturated rings. The number of benzene rings is 1. The number of carbonyl (C=O) groups excluding carboxylic acids is 1. The minimum atomic E-state index is -0.228. The summed E-state index contributed by atoms with van der Waals surface area (Å²) in [7, 11) is 0. The third-order valence-corrected chi connectivity index (χ3v) is 3.02. The van der Waals surface area contributed by atoms with Crippen LogP contribution in [0.3, 0.4) is 0 Å². The smallest absolute Gasteiger partial charge is 0.251 e. The number of ether oxygens (including phenoxy) is 1. The summed E-state index contributed by atoms with van der Waals surface area (Å²) in [5.41, 5.74) is 6.29. The molecule has 0 aliphatic rings. The Labute approximate surface area is 123 Å². The Balaban J connectivity index is 2.46. The lowest BCUT2D eigenvalue weighted by atomic mass is 10.2. The van der Waals surface area contributed by atoms with Crippen LogP contribution in [0.15, 0.2) is 12.1 Å². The summed E-state index contributed by atoms with van der Waals surface area (Å²) in [6, 6.07) is 3.01. The van der Waals surface area contributed by atoms with Gasteiger partial charge in [0.2, 0.25) is 0 Å². The lowest BCUT2D eigenvalue weighted by Gasteiger charge is -2.09. The second-order valence-electron chi connectivity index (χ2n) is 4.38. The number of nitrogens with two attached hydrogens (primary N) is 1. The van der Waals surface area contributed by atoms with Crippen molar-refractivity contribution in [1.29, 1.82) is 0 Å². The maximum absolute atomic E-state index is 11.8. The van der Waals surface area contributed by atoms with Crippen molar-refractivity contribution in [1.82, 2.24) is 5.32 Å². The fraction of sp³-hybridized carbons (Fsp3) is 0.462. The van der Waals surface area contributed by atoms with E-state index in [1.54, 1.807) is 0 Å². The number of carbonyl (C=O) groups is 1. The van der Waals surface area contributed by atoms with E-state index in [9.17, 15) is 4.79 Å². The van der Waals surface area contributed by atoms with Gasteiger partial charge in [-0.1, -0.05) is 23.2 Å². The van der Waals surface area contributed by atoms with Crippen molar-refractivity contribution >= 4 is 34.8 Å². The predicted molar refractivity (Wildman–Crippen MR) is 78.9 cm³/mol. The van der Waals surface area contributed by atoms with E-state index in [1.807, 2.05) is 13.8 Å². The summed E-state index contributed by atoms with van der Waals surface area (Å²) in [6.45, 7) is 5.08. The predicted octanol–water partition coefficient (Wildman–Crippen LogP) is 3.12.